The van der Waals surface area contributed by atoms with Crippen LogP contribution in [0.2, 0.25) is 0 Å². The number of rotatable bonds is 2. The maximum atomic E-state index is 8.65. The van der Waals surface area contributed by atoms with Gasteiger partial charge >= 0.3 is 0 Å². The minimum absolute atomic E-state index is 0.282. The van der Waals surface area contributed by atoms with E-state index < -0.39 is 0 Å². The van der Waals surface area contributed by atoms with Crippen molar-refractivity contribution in [3.05, 3.63) is 0 Å². The largest absolute Gasteiger partial charge is 0.275 e. The third kappa shape index (κ3) is 0.964. The van der Waals surface area contributed by atoms with Gasteiger partial charge in [-0.1, -0.05) is 0 Å². The van der Waals surface area contributed by atoms with Crippen LogP contribution in [0.25, 0.3) is 0 Å². The van der Waals surface area contributed by atoms with Gasteiger partial charge in [0.2, 0.25) is 0 Å². The molecule has 0 spiro atoms. The molecule has 3 nitrogen and oxygen atoms in total. The van der Waals surface area contributed by atoms with E-state index in [4.69, 9.17) is 10.5 Å². The SMILES string of the molecule is CN(CC#N)C1(C#N)CC1. The van der Waals surface area contributed by atoms with Crippen LogP contribution in [-0.2, 0) is 0 Å². The first-order valence-electron chi connectivity index (χ1n) is 3.24. The molecule has 0 N–H and O–H groups in total. The van der Waals surface area contributed by atoms with Crippen LogP contribution < -0.4 is 0 Å². The molecule has 52 valence electrons. The van der Waals surface area contributed by atoms with E-state index in [2.05, 4.69) is 6.07 Å². The predicted molar refractivity (Wildman–Crippen MR) is 35.8 cm³/mol. The molecule has 1 rings (SSSR count). The molecule has 0 heterocycles. The van der Waals surface area contributed by atoms with Gasteiger partial charge in [-0.3, -0.25) is 4.90 Å². The van der Waals surface area contributed by atoms with E-state index in [1.54, 1.807) is 0 Å². The molecule has 3 heteroatoms. The van der Waals surface area contributed by atoms with E-state index >= 15 is 0 Å². The topological polar surface area (TPSA) is 50.8 Å². The normalized spacial score (nSPS) is 19.6. The molecule has 0 radical (unpaired) electrons. The molecule has 0 unspecified atom stereocenters. The molecule has 0 aromatic heterocycles. The Kier molecular flexibility index (Phi) is 1.61. The fourth-order valence-electron chi connectivity index (χ4n) is 0.955. The van der Waals surface area contributed by atoms with Crippen molar-refractivity contribution in [3.8, 4) is 12.1 Å². The summed E-state index contributed by atoms with van der Waals surface area (Å²) in [6.07, 6.45) is 1.84. The van der Waals surface area contributed by atoms with Crippen molar-refractivity contribution in [2.24, 2.45) is 0 Å². The quantitative estimate of drug-likeness (QED) is 0.518. The second-order valence-corrected chi connectivity index (χ2v) is 2.66. The second kappa shape index (κ2) is 2.28. The highest BCUT2D eigenvalue weighted by molar-refractivity contribution is 5.19. The zero-order valence-corrected chi connectivity index (χ0v) is 5.96. The van der Waals surface area contributed by atoms with E-state index in [0.717, 1.165) is 12.8 Å². The molecule has 0 aromatic rings. The molecule has 1 fully saturated rings. The summed E-state index contributed by atoms with van der Waals surface area (Å²) in [7, 11) is 1.82. The second-order valence-electron chi connectivity index (χ2n) is 2.66. The van der Waals surface area contributed by atoms with Gasteiger partial charge in [-0.15, -0.1) is 0 Å². The molecule has 0 aromatic carbocycles. The number of nitriles is 2. The van der Waals surface area contributed by atoms with Gasteiger partial charge in [0, 0.05) is 0 Å². The fourth-order valence-corrected chi connectivity index (χ4v) is 0.955. The summed E-state index contributed by atoms with van der Waals surface area (Å²) in [4.78, 5) is 1.81. The maximum absolute atomic E-state index is 8.65. The Morgan fingerprint density at radius 2 is 2.10 bits per heavy atom. The first-order valence-corrected chi connectivity index (χ1v) is 3.24. The molecular weight excluding hydrogens is 126 g/mol. The number of hydrogen-bond acceptors (Lipinski definition) is 3. The minimum atomic E-state index is -0.282. The van der Waals surface area contributed by atoms with Crippen LogP contribution in [0.4, 0.5) is 0 Å². The first kappa shape index (κ1) is 7.05. The molecular formula is C7H9N3. The van der Waals surface area contributed by atoms with E-state index in [-0.39, 0.29) is 5.54 Å². The minimum Gasteiger partial charge on any atom is -0.275 e. The summed E-state index contributed by atoms with van der Waals surface area (Å²) in [5, 5.41) is 17.0. The first-order chi connectivity index (χ1) is 4.75. The Hall–Kier alpha value is -1.06. The van der Waals surface area contributed by atoms with Crippen LogP contribution in [0, 0.1) is 22.7 Å². The van der Waals surface area contributed by atoms with Crippen LogP contribution in [0.5, 0.6) is 0 Å². The zero-order chi connectivity index (χ0) is 7.61. The van der Waals surface area contributed by atoms with Gasteiger partial charge in [0.05, 0.1) is 18.7 Å². The van der Waals surface area contributed by atoms with Crippen LogP contribution >= 0.6 is 0 Å². The van der Waals surface area contributed by atoms with Gasteiger partial charge in [0.25, 0.3) is 0 Å². The molecule has 1 aliphatic carbocycles. The summed E-state index contributed by atoms with van der Waals surface area (Å²) in [5.74, 6) is 0. The molecule has 0 bridgehead atoms. The van der Waals surface area contributed by atoms with Crippen molar-refractivity contribution in [2.75, 3.05) is 13.6 Å². The maximum Gasteiger partial charge on any atom is 0.110 e. The highest BCUT2D eigenvalue weighted by Gasteiger charge is 2.46. The Bertz CT molecular complexity index is 204. The predicted octanol–water partition coefficient (Wildman–Crippen LogP) is 0.498. The van der Waals surface area contributed by atoms with Crippen LogP contribution in [0.1, 0.15) is 12.8 Å². The van der Waals surface area contributed by atoms with Crippen molar-refractivity contribution in [2.45, 2.75) is 18.4 Å². The summed E-state index contributed by atoms with van der Waals surface area (Å²) < 4.78 is 0. The van der Waals surface area contributed by atoms with Crippen LogP contribution in [-0.4, -0.2) is 24.0 Å². The smallest absolute Gasteiger partial charge is 0.110 e. The third-order valence-electron chi connectivity index (χ3n) is 1.97. The monoisotopic (exact) mass is 135 g/mol. The van der Waals surface area contributed by atoms with Crippen molar-refractivity contribution >= 4 is 0 Å². The number of hydrogen-bond donors (Lipinski definition) is 0. The molecule has 0 saturated heterocycles. The lowest BCUT2D eigenvalue weighted by atomic mass is 10.3. The average Bonchev–Trinajstić information content (AvgIpc) is 2.68. The Balaban J connectivity index is 2.51. The molecule has 0 atom stereocenters. The molecule has 10 heavy (non-hydrogen) atoms. The van der Waals surface area contributed by atoms with Crippen LogP contribution in [0.15, 0.2) is 0 Å². The Morgan fingerprint density at radius 3 is 2.40 bits per heavy atom. The van der Waals surface area contributed by atoms with Gasteiger partial charge in [-0.05, 0) is 19.9 Å². The molecule has 0 amide bonds. The van der Waals surface area contributed by atoms with Crippen LogP contribution in [0.3, 0.4) is 0 Å². The Labute approximate surface area is 60.5 Å². The van der Waals surface area contributed by atoms with Crippen molar-refractivity contribution in [1.82, 2.24) is 4.90 Å². The fraction of sp³-hybridized carbons (Fsp3) is 0.714. The van der Waals surface area contributed by atoms with Crippen molar-refractivity contribution < 1.29 is 0 Å². The molecule has 1 aliphatic rings. The molecule has 0 aliphatic heterocycles. The average molecular weight is 135 g/mol. The lowest BCUT2D eigenvalue weighted by Crippen LogP contribution is -2.32. The summed E-state index contributed by atoms with van der Waals surface area (Å²) >= 11 is 0. The van der Waals surface area contributed by atoms with Gasteiger partial charge in [0.1, 0.15) is 5.54 Å². The van der Waals surface area contributed by atoms with E-state index in [0.29, 0.717) is 6.54 Å². The van der Waals surface area contributed by atoms with Crippen molar-refractivity contribution in [1.29, 1.82) is 10.5 Å². The summed E-state index contributed by atoms with van der Waals surface area (Å²) in [6, 6.07) is 4.23. The number of nitrogens with zero attached hydrogens (tertiary/aromatic N) is 3. The highest BCUT2D eigenvalue weighted by atomic mass is 15.2. The van der Waals surface area contributed by atoms with Gasteiger partial charge in [-0.25, -0.2) is 0 Å². The van der Waals surface area contributed by atoms with Gasteiger partial charge in [-0.2, -0.15) is 10.5 Å². The van der Waals surface area contributed by atoms with Crippen molar-refractivity contribution in [3.63, 3.8) is 0 Å². The van der Waals surface area contributed by atoms with E-state index in [1.165, 1.54) is 0 Å². The zero-order valence-electron chi connectivity index (χ0n) is 5.96. The van der Waals surface area contributed by atoms with Gasteiger partial charge in [0.15, 0.2) is 0 Å². The highest BCUT2D eigenvalue weighted by Crippen LogP contribution is 2.39. The van der Waals surface area contributed by atoms with Gasteiger partial charge < -0.3 is 0 Å². The third-order valence-corrected chi connectivity index (χ3v) is 1.97. The lowest BCUT2D eigenvalue weighted by molar-refractivity contribution is 0.303. The molecule has 1 saturated carbocycles. The standard InChI is InChI=1S/C7H9N3/c1-10(5-4-8)7(6-9)2-3-7/h2-3,5H2,1H3. The van der Waals surface area contributed by atoms with E-state index in [9.17, 15) is 0 Å². The lowest BCUT2D eigenvalue weighted by Gasteiger charge is -2.16. The summed E-state index contributed by atoms with van der Waals surface area (Å²) in [6.45, 7) is 0.355. The summed E-state index contributed by atoms with van der Waals surface area (Å²) in [5.41, 5.74) is -0.282. The van der Waals surface area contributed by atoms with E-state index in [1.807, 2.05) is 18.0 Å². The Morgan fingerprint density at radius 1 is 1.50 bits per heavy atom.